The van der Waals surface area contributed by atoms with Crippen LogP contribution in [0.3, 0.4) is 0 Å². The summed E-state index contributed by atoms with van der Waals surface area (Å²) in [6.07, 6.45) is -2.15. The molecule has 1 fully saturated rings. The number of carbonyl (C=O) groups excluding carboxylic acids is 4. The maximum absolute atomic E-state index is 14.6. The minimum absolute atomic E-state index is 0.138. The Kier molecular flexibility index (Phi) is 15.7. The number of likely N-dealkylation sites (tertiary alicyclic amines) is 1. The fourth-order valence-electron chi connectivity index (χ4n) is 5.90. The summed E-state index contributed by atoms with van der Waals surface area (Å²) in [5.41, 5.74) is 0.162. The molecular weight excluding hydrogens is 781 g/mol. The third-order valence-electron chi connectivity index (χ3n) is 8.29. The van der Waals surface area contributed by atoms with Gasteiger partial charge in [-0.1, -0.05) is 36.9 Å². The number of rotatable bonds is 19. The molecule has 0 radical (unpaired) electrons. The van der Waals surface area contributed by atoms with Gasteiger partial charge in [-0.3, -0.25) is 39.5 Å². The van der Waals surface area contributed by atoms with Gasteiger partial charge in [0.15, 0.2) is 5.12 Å². The number of benzene rings is 3. The molecule has 1 amide bonds. The molecule has 1 aliphatic rings. The molecule has 1 aliphatic heterocycles. The van der Waals surface area contributed by atoms with Crippen molar-refractivity contribution in [3.8, 4) is 0 Å². The number of esters is 2. The molecule has 0 spiro atoms. The molecule has 18 heteroatoms. The first-order chi connectivity index (χ1) is 26.9. The molecule has 0 saturated carbocycles. The van der Waals surface area contributed by atoms with E-state index in [1.54, 1.807) is 71.9 Å². The van der Waals surface area contributed by atoms with Crippen LogP contribution in [-0.4, -0.2) is 67.5 Å². The Labute approximate surface area is 334 Å². The number of non-ortho nitro benzene ring substituents is 2. The third-order valence-corrected chi connectivity index (χ3v) is 12.2. The molecule has 16 nitrogen and oxygen atoms in total. The van der Waals surface area contributed by atoms with Crippen molar-refractivity contribution in [3.05, 3.63) is 110 Å². The van der Waals surface area contributed by atoms with Crippen LogP contribution in [0.5, 0.6) is 0 Å². The zero-order valence-electron chi connectivity index (χ0n) is 32.6. The lowest BCUT2D eigenvalue weighted by molar-refractivity contribution is -0.385. The molecule has 0 aliphatic carbocycles. The first kappa shape index (κ1) is 44.8. The molecule has 0 N–H and O–H groups in total. The second-order valence-corrected chi connectivity index (χ2v) is 17.1. The van der Waals surface area contributed by atoms with Gasteiger partial charge in [-0.15, -0.1) is 0 Å². The fourth-order valence-corrected chi connectivity index (χ4v) is 9.62. The second kappa shape index (κ2) is 20.0. The van der Waals surface area contributed by atoms with Gasteiger partial charge in [-0.2, -0.15) is 0 Å². The van der Waals surface area contributed by atoms with Gasteiger partial charge >= 0.3 is 11.9 Å². The summed E-state index contributed by atoms with van der Waals surface area (Å²) < 4.78 is 30.5. The number of ether oxygens (including phenoxy) is 2. The maximum Gasteiger partial charge on any atom is 0.362 e. The van der Waals surface area contributed by atoms with Crippen molar-refractivity contribution in [1.29, 1.82) is 0 Å². The van der Waals surface area contributed by atoms with Gasteiger partial charge in [0.2, 0.25) is 11.3 Å². The lowest BCUT2D eigenvalue weighted by Crippen LogP contribution is -2.67. The van der Waals surface area contributed by atoms with E-state index < -0.39 is 76.9 Å². The van der Waals surface area contributed by atoms with E-state index in [1.165, 1.54) is 55.5 Å². The predicted molar refractivity (Wildman–Crippen MR) is 212 cm³/mol. The van der Waals surface area contributed by atoms with Gasteiger partial charge in [-0.05, 0) is 89.1 Å². The van der Waals surface area contributed by atoms with E-state index in [-0.39, 0.29) is 36.1 Å². The van der Waals surface area contributed by atoms with E-state index in [1.807, 2.05) is 0 Å². The van der Waals surface area contributed by atoms with Gasteiger partial charge in [-0.25, -0.2) is 4.79 Å². The van der Waals surface area contributed by atoms with Gasteiger partial charge in [0.25, 0.3) is 18.9 Å². The topological polar surface area (TPSA) is 204 Å². The Morgan fingerprint density at radius 2 is 1.18 bits per heavy atom. The highest BCUT2D eigenvalue weighted by molar-refractivity contribution is 8.13. The minimum atomic E-state index is -4.05. The van der Waals surface area contributed by atoms with Crippen LogP contribution in [0, 0.1) is 32.1 Å². The zero-order valence-corrected chi connectivity index (χ0v) is 34.3. The predicted octanol–water partition coefficient (Wildman–Crippen LogP) is 7.63. The second-order valence-electron chi connectivity index (χ2n) is 13.9. The number of nitrogens with zero attached hydrogens (tertiary/aromatic N) is 3. The van der Waals surface area contributed by atoms with E-state index in [0.29, 0.717) is 16.0 Å². The summed E-state index contributed by atoms with van der Waals surface area (Å²) in [5, 5.41) is 21.9. The summed E-state index contributed by atoms with van der Waals surface area (Å²) in [5.74, 6) is -4.84. The number of nitro benzene ring substituents is 2. The smallest absolute Gasteiger partial charge is 0.362 e. The number of nitro groups is 2. The van der Waals surface area contributed by atoms with E-state index in [4.69, 9.17) is 23.0 Å². The average molecular weight is 828 g/mol. The number of hydrogen-bond donors (Lipinski definition) is 0. The van der Waals surface area contributed by atoms with Gasteiger partial charge in [0.05, 0.1) is 46.0 Å². The Balaban J connectivity index is 1.79. The number of amides is 1. The van der Waals surface area contributed by atoms with Crippen molar-refractivity contribution in [1.82, 2.24) is 4.90 Å². The molecule has 4 rings (SSSR count). The summed E-state index contributed by atoms with van der Waals surface area (Å²) in [4.78, 5) is 79.3. The monoisotopic (exact) mass is 827 g/mol. The van der Waals surface area contributed by atoms with E-state index in [9.17, 15) is 39.4 Å². The molecule has 57 heavy (non-hydrogen) atoms. The number of carbonyl (C=O) groups is 4. The summed E-state index contributed by atoms with van der Waals surface area (Å²) in [6, 6.07) is 18.5. The molecule has 3 atom stereocenters. The number of β-lactam (4-membered cyclic amide) rings is 1. The first-order valence-electron chi connectivity index (χ1n) is 18.1. The molecule has 3 aromatic rings. The van der Waals surface area contributed by atoms with E-state index in [0.717, 1.165) is 16.7 Å². The van der Waals surface area contributed by atoms with Crippen LogP contribution < -0.4 is 0 Å². The lowest BCUT2D eigenvalue weighted by Gasteiger charge is -2.50. The minimum Gasteiger partial charge on any atom is -0.461 e. The highest BCUT2D eigenvalue weighted by Crippen LogP contribution is 2.58. The third kappa shape index (κ3) is 11.8. The van der Waals surface area contributed by atoms with Crippen LogP contribution >= 0.6 is 19.3 Å². The van der Waals surface area contributed by atoms with Crippen LogP contribution in [0.15, 0.2) is 83.8 Å². The SMILES string of the molecule is CC(C)OP(OC(C)C)(OC(C)C)=C(C(=O)OCc1ccc([N+](=O)[O-])cc1)N1C(=O)[C@@H]([C@@H](C)C(=O)OCc2ccc([N+](=O)[O-])cc2)[C@H]1CC(=O)Sc1ccccc1. The molecule has 3 aromatic carbocycles. The van der Waals surface area contributed by atoms with E-state index in [2.05, 4.69) is 0 Å². The largest absolute Gasteiger partial charge is 0.461 e. The highest BCUT2D eigenvalue weighted by Gasteiger charge is 2.58. The van der Waals surface area contributed by atoms with Gasteiger partial charge in [0, 0.05) is 35.6 Å². The van der Waals surface area contributed by atoms with Crippen molar-refractivity contribution in [2.75, 3.05) is 0 Å². The van der Waals surface area contributed by atoms with Crippen molar-refractivity contribution in [3.63, 3.8) is 0 Å². The quantitative estimate of drug-likeness (QED) is 0.0285. The summed E-state index contributed by atoms with van der Waals surface area (Å²) >= 11 is 0.928. The Hall–Kier alpha value is -4.93. The first-order valence-corrected chi connectivity index (χ1v) is 20.5. The Morgan fingerprint density at radius 3 is 1.61 bits per heavy atom. The molecule has 0 aromatic heterocycles. The van der Waals surface area contributed by atoms with Crippen molar-refractivity contribution in [2.45, 2.75) is 97.3 Å². The number of hydrogen-bond acceptors (Lipinski definition) is 14. The van der Waals surface area contributed by atoms with Gasteiger partial charge < -0.3 is 23.0 Å². The van der Waals surface area contributed by atoms with Crippen LogP contribution in [0.25, 0.3) is 0 Å². The van der Waals surface area contributed by atoms with Crippen LogP contribution in [0.4, 0.5) is 11.4 Å². The Bertz CT molecular complexity index is 1960. The maximum atomic E-state index is 14.6. The molecule has 1 saturated heterocycles. The standard InChI is InChI=1S/C39H46N3O13PS/c1-24(2)53-56(54-25(3)4,55-26(5)6)37(39(46)52-23-29-15-19-31(20-16-29)42(49)50)40-33(21-34(43)57-32-11-9-8-10-12-32)35(36(40)44)27(7)38(45)51-22-28-13-17-30(18-14-28)41(47)48/h8-20,24-27,33,35H,21-23H2,1-7H3/t27-,33-,35+/m1/s1. The van der Waals surface area contributed by atoms with Crippen LogP contribution in [0.1, 0.15) is 66.0 Å². The molecular formula is C39H46N3O13PS. The highest BCUT2D eigenvalue weighted by atomic mass is 32.2. The molecule has 0 unspecified atom stereocenters. The fraction of sp³-hybridized carbons (Fsp3) is 0.410. The average Bonchev–Trinajstić information content (AvgIpc) is 3.14. The van der Waals surface area contributed by atoms with Crippen molar-refractivity contribution in [2.24, 2.45) is 11.8 Å². The Morgan fingerprint density at radius 1 is 0.719 bits per heavy atom. The van der Waals surface area contributed by atoms with Crippen LogP contribution in [-0.2, 0) is 55.4 Å². The molecule has 306 valence electrons. The molecule has 1 heterocycles. The lowest BCUT2D eigenvalue weighted by atomic mass is 9.76. The van der Waals surface area contributed by atoms with Gasteiger partial charge in [0.1, 0.15) is 13.2 Å². The zero-order chi connectivity index (χ0) is 42.0. The van der Waals surface area contributed by atoms with Crippen molar-refractivity contribution >= 4 is 59.1 Å². The summed E-state index contributed by atoms with van der Waals surface area (Å²) in [7, 11) is -4.05. The van der Waals surface area contributed by atoms with E-state index >= 15 is 0 Å². The number of thioether (sulfide) groups is 1. The normalized spacial score (nSPS) is 16.0. The molecule has 0 bridgehead atoms. The summed E-state index contributed by atoms with van der Waals surface area (Å²) in [6.45, 7) is 11.1. The van der Waals surface area contributed by atoms with Crippen LogP contribution in [0.2, 0.25) is 0 Å². The van der Waals surface area contributed by atoms with Crippen molar-refractivity contribution < 1.29 is 52.1 Å².